The summed E-state index contributed by atoms with van der Waals surface area (Å²) in [6.45, 7) is 2.22. The normalized spacial score (nSPS) is 9.52. The van der Waals surface area contributed by atoms with Crippen molar-refractivity contribution < 1.29 is 19.4 Å². The number of nitriles is 1. The van der Waals surface area contributed by atoms with Crippen LogP contribution in [0, 0.1) is 11.3 Å². The van der Waals surface area contributed by atoms with Gasteiger partial charge in [-0.05, 0) is 19.1 Å². The zero-order chi connectivity index (χ0) is 15.7. The second-order valence-electron chi connectivity index (χ2n) is 4.13. The number of carboxylic acids is 1. The van der Waals surface area contributed by atoms with E-state index >= 15 is 0 Å². The maximum absolute atomic E-state index is 12.0. The van der Waals surface area contributed by atoms with Gasteiger partial charge in [0.15, 0.2) is 6.61 Å². The molecule has 112 valence electrons. The number of hydrogen-bond donors (Lipinski definition) is 2. The van der Waals surface area contributed by atoms with Crippen molar-refractivity contribution in [2.75, 3.05) is 25.0 Å². The Hall–Kier alpha value is -2.75. The largest absolute Gasteiger partial charge is 0.482 e. The first-order valence-corrected chi connectivity index (χ1v) is 6.44. The van der Waals surface area contributed by atoms with Gasteiger partial charge in [0.25, 0.3) is 0 Å². The zero-order valence-electron chi connectivity index (χ0n) is 11.7. The number of aliphatic carboxylic acids is 1. The minimum atomic E-state index is -1.07. The molecule has 21 heavy (non-hydrogen) atoms. The molecule has 0 bridgehead atoms. The maximum atomic E-state index is 12.0. The van der Waals surface area contributed by atoms with Crippen LogP contribution in [0.15, 0.2) is 24.3 Å². The number of carboxylic acid groups (broad SMARTS) is 1. The predicted molar refractivity (Wildman–Crippen MR) is 76.1 cm³/mol. The monoisotopic (exact) mass is 291 g/mol. The quantitative estimate of drug-likeness (QED) is 0.799. The smallest absolute Gasteiger partial charge is 0.341 e. The number of nitrogens with zero attached hydrogens (tertiary/aromatic N) is 2. The molecular formula is C14H17N3O4. The third kappa shape index (κ3) is 5.82. The van der Waals surface area contributed by atoms with Gasteiger partial charge in [0.05, 0.1) is 12.5 Å². The third-order valence-electron chi connectivity index (χ3n) is 2.61. The average molecular weight is 291 g/mol. The molecule has 0 saturated carbocycles. The highest BCUT2D eigenvalue weighted by Crippen LogP contribution is 2.17. The van der Waals surface area contributed by atoms with Crippen LogP contribution in [-0.2, 0) is 4.79 Å². The molecule has 2 N–H and O–H groups in total. The lowest BCUT2D eigenvalue weighted by Crippen LogP contribution is -2.35. The molecule has 0 radical (unpaired) electrons. The first kappa shape index (κ1) is 16.3. The molecule has 0 fully saturated rings. The van der Waals surface area contributed by atoms with Gasteiger partial charge in [-0.3, -0.25) is 0 Å². The van der Waals surface area contributed by atoms with Crippen LogP contribution in [0.1, 0.15) is 13.3 Å². The molecule has 0 heterocycles. The van der Waals surface area contributed by atoms with E-state index in [0.29, 0.717) is 24.5 Å². The van der Waals surface area contributed by atoms with Crippen LogP contribution < -0.4 is 10.1 Å². The van der Waals surface area contributed by atoms with Gasteiger partial charge in [0.2, 0.25) is 0 Å². The highest BCUT2D eigenvalue weighted by Gasteiger charge is 2.11. The number of amides is 2. The predicted octanol–water partition coefficient (Wildman–Crippen LogP) is 1.92. The van der Waals surface area contributed by atoms with Crippen molar-refractivity contribution >= 4 is 17.7 Å². The molecule has 7 heteroatoms. The van der Waals surface area contributed by atoms with Crippen molar-refractivity contribution in [3.63, 3.8) is 0 Å². The lowest BCUT2D eigenvalue weighted by Gasteiger charge is -2.20. The molecule has 1 aromatic carbocycles. The lowest BCUT2D eigenvalue weighted by molar-refractivity contribution is -0.139. The summed E-state index contributed by atoms with van der Waals surface area (Å²) < 4.78 is 5.03. The Morgan fingerprint density at radius 1 is 1.48 bits per heavy atom. The summed E-state index contributed by atoms with van der Waals surface area (Å²) >= 11 is 0. The van der Waals surface area contributed by atoms with Crippen LogP contribution in [0.4, 0.5) is 10.5 Å². The van der Waals surface area contributed by atoms with E-state index in [0.717, 1.165) is 0 Å². The van der Waals surface area contributed by atoms with Crippen LogP contribution in [0.2, 0.25) is 0 Å². The molecular weight excluding hydrogens is 274 g/mol. The fraction of sp³-hybridized carbons (Fsp3) is 0.357. The minimum Gasteiger partial charge on any atom is -0.482 e. The number of urea groups is 1. The van der Waals surface area contributed by atoms with E-state index in [-0.39, 0.29) is 12.5 Å². The molecule has 2 amide bonds. The Morgan fingerprint density at radius 3 is 2.86 bits per heavy atom. The van der Waals surface area contributed by atoms with Gasteiger partial charge >= 0.3 is 12.0 Å². The summed E-state index contributed by atoms with van der Waals surface area (Å²) in [5.74, 6) is -0.714. The SMILES string of the molecule is CCN(CCC#N)C(=O)Nc1cccc(OCC(=O)O)c1. The first-order chi connectivity index (χ1) is 10.1. The van der Waals surface area contributed by atoms with Crippen molar-refractivity contribution in [2.24, 2.45) is 0 Å². The molecule has 0 saturated heterocycles. The number of rotatable bonds is 7. The van der Waals surface area contributed by atoms with Crippen molar-refractivity contribution in [1.29, 1.82) is 5.26 Å². The molecule has 0 spiro atoms. The summed E-state index contributed by atoms with van der Waals surface area (Å²) in [6, 6.07) is 8.14. The Balaban J connectivity index is 2.65. The van der Waals surface area contributed by atoms with Crippen molar-refractivity contribution in [1.82, 2.24) is 4.90 Å². The van der Waals surface area contributed by atoms with Crippen LogP contribution in [-0.4, -0.2) is 41.7 Å². The number of carbonyl (C=O) groups excluding carboxylic acids is 1. The Labute approximate surface area is 122 Å². The number of benzene rings is 1. The van der Waals surface area contributed by atoms with E-state index in [1.54, 1.807) is 24.3 Å². The molecule has 0 aliphatic rings. The van der Waals surface area contributed by atoms with E-state index in [1.165, 1.54) is 4.90 Å². The number of ether oxygens (including phenoxy) is 1. The summed E-state index contributed by atoms with van der Waals surface area (Å²) in [5.41, 5.74) is 0.498. The number of anilines is 1. The van der Waals surface area contributed by atoms with Crippen LogP contribution in [0.25, 0.3) is 0 Å². The molecule has 7 nitrogen and oxygen atoms in total. The maximum Gasteiger partial charge on any atom is 0.341 e. The van der Waals surface area contributed by atoms with Gasteiger partial charge in [0.1, 0.15) is 5.75 Å². The third-order valence-corrected chi connectivity index (χ3v) is 2.61. The summed E-state index contributed by atoms with van der Waals surface area (Å²) in [6.07, 6.45) is 0.267. The highest BCUT2D eigenvalue weighted by atomic mass is 16.5. The van der Waals surface area contributed by atoms with Crippen molar-refractivity contribution in [3.05, 3.63) is 24.3 Å². The zero-order valence-corrected chi connectivity index (χ0v) is 11.7. The van der Waals surface area contributed by atoms with Gasteiger partial charge in [-0.1, -0.05) is 6.07 Å². The van der Waals surface area contributed by atoms with Gasteiger partial charge in [0, 0.05) is 24.8 Å². The van der Waals surface area contributed by atoms with Gasteiger partial charge in [-0.15, -0.1) is 0 Å². The van der Waals surface area contributed by atoms with Gasteiger partial charge in [-0.25, -0.2) is 9.59 Å². The number of nitrogens with one attached hydrogen (secondary N) is 1. The van der Waals surface area contributed by atoms with E-state index in [4.69, 9.17) is 15.1 Å². The molecule has 1 aromatic rings. The standard InChI is InChI=1S/C14H17N3O4/c1-2-17(8-4-7-15)14(20)16-11-5-3-6-12(9-11)21-10-13(18)19/h3,5-6,9H,2,4,8,10H2,1H3,(H,16,20)(H,18,19). The van der Waals surface area contributed by atoms with E-state index in [2.05, 4.69) is 5.32 Å². The van der Waals surface area contributed by atoms with E-state index in [9.17, 15) is 9.59 Å². The molecule has 0 unspecified atom stereocenters. The Bertz CT molecular complexity index is 539. The van der Waals surface area contributed by atoms with Crippen LogP contribution in [0.5, 0.6) is 5.75 Å². The van der Waals surface area contributed by atoms with Crippen molar-refractivity contribution in [3.8, 4) is 11.8 Å². The number of carbonyl (C=O) groups is 2. The van der Waals surface area contributed by atoms with Crippen LogP contribution in [0.3, 0.4) is 0 Å². The van der Waals surface area contributed by atoms with Crippen molar-refractivity contribution in [2.45, 2.75) is 13.3 Å². The number of hydrogen-bond acceptors (Lipinski definition) is 4. The molecule has 0 aliphatic heterocycles. The summed E-state index contributed by atoms with van der Waals surface area (Å²) in [5, 5.41) is 19.8. The van der Waals surface area contributed by atoms with Gasteiger partial charge in [-0.2, -0.15) is 5.26 Å². The molecule has 0 aliphatic carbocycles. The average Bonchev–Trinajstić information content (AvgIpc) is 2.46. The molecule has 0 aromatic heterocycles. The Morgan fingerprint density at radius 2 is 2.24 bits per heavy atom. The van der Waals surface area contributed by atoms with E-state index in [1.807, 2.05) is 13.0 Å². The van der Waals surface area contributed by atoms with Crippen LogP contribution >= 0.6 is 0 Å². The Kier molecular flexibility index (Phi) is 6.54. The van der Waals surface area contributed by atoms with Gasteiger partial charge < -0.3 is 20.1 Å². The minimum absolute atomic E-state index is 0.267. The van der Waals surface area contributed by atoms with E-state index < -0.39 is 12.6 Å². The topological polar surface area (TPSA) is 103 Å². The second kappa shape index (κ2) is 8.43. The molecule has 1 rings (SSSR count). The lowest BCUT2D eigenvalue weighted by atomic mass is 10.3. The first-order valence-electron chi connectivity index (χ1n) is 6.44. The fourth-order valence-electron chi connectivity index (χ4n) is 1.60. The molecule has 0 atom stereocenters. The second-order valence-corrected chi connectivity index (χ2v) is 4.13. The summed E-state index contributed by atoms with van der Waals surface area (Å²) in [7, 11) is 0. The summed E-state index contributed by atoms with van der Waals surface area (Å²) in [4.78, 5) is 23.9. The highest BCUT2D eigenvalue weighted by molar-refractivity contribution is 5.89. The fourth-order valence-corrected chi connectivity index (χ4v) is 1.60.